The van der Waals surface area contributed by atoms with Crippen LogP contribution in [0.5, 0.6) is 0 Å². The maximum atomic E-state index is 11.3. The van der Waals surface area contributed by atoms with E-state index in [1.807, 2.05) is 0 Å². The number of hydrogen-bond donors (Lipinski definition) is 0. The summed E-state index contributed by atoms with van der Waals surface area (Å²) in [6.45, 7) is 2.15. The SMILES string of the molecule is CCOC(=O)c1cc[c]c(Br)c1Br. The Kier molecular flexibility index (Phi) is 3.93. The first-order valence-electron chi connectivity index (χ1n) is 3.69. The van der Waals surface area contributed by atoms with Crippen molar-refractivity contribution in [1.82, 2.24) is 0 Å². The molecule has 0 amide bonds. The Hall–Kier alpha value is -0.350. The van der Waals surface area contributed by atoms with E-state index in [0.717, 1.165) is 4.47 Å². The molecule has 0 aromatic heterocycles. The molecule has 0 bridgehead atoms. The van der Waals surface area contributed by atoms with Gasteiger partial charge in [-0.15, -0.1) is 0 Å². The molecule has 0 heterocycles. The molecule has 4 heteroatoms. The van der Waals surface area contributed by atoms with Crippen molar-refractivity contribution >= 4 is 37.8 Å². The van der Waals surface area contributed by atoms with Crippen molar-refractivity contribution in [3.05, 3.63) is 32.7 Å². The minimum absolute atomic E-state index is 0.330. The molecule has 0 saturated carbocycles. The zero-order chi connectivity index (χ0) is 9.84. The second kappa shape index (κ2) is 4.77. The van der Waals surface area contributed by atoms with Crippen molar-refractivity contribution in [3.63, 3.8) is 0 Å². The summed E-state index contributed by atoms with van der Waals surface area (Å²) in [5.41, 5.74) is 0.507. The minimum atomic E-state index is -0.330. The molecule has 1 aromatic rings. The second-order valence-corrected chi connectivity index (χ2v) is 3.83. The third-order valence-corrected chi connectivity index (χ3v) is 3.37. The standard InChI is InChI=1S/C9H7Br2O2/c1-2-13-9(12)6-4-3-5-7(10)8(6)11/h3-4H,2H2,1H3. The maximum Gasteiger partial charge on any atom is 0.339 e. The summed E-state index contributed by atoms with van der Waals surface area (Å²) in [4.78, 5) is 11.3. The summed E-state index contributed by atoms with van der Waals surface area (Å²) in [6.07, 6.45) is 0. The molecule has 0 unspecified atom stereocenters. The van der Waals surface area contributed by atoms with E-state index in [2.05, 4.69) is 37.9 Å². The molecule has 2 nitrogen and oxygen atoms in total. The molecule has 0 aliphatic rings. The highest BCUT2D eigenvalue weighted by molar-refractivity contribution is 9.13. The van der Waals surface area contributed by atoms with Gasteiger partial charge in [0.1, 0.15) is 0 Å². The van der Waals surface area contributed by atoms with Crippen molar-refractivity contribution in [1.29, 1.82) is 0 Å². The largest absolute Gasteiger partial charge is 0.462 e. The van der Waals surface area contributed by atoms with Crippen LogP contribution >= 0.6 is 31.9 Å². The number of carbonyl (C=O) groups excluding carboxylic acids is 1. The quantitative estimate of drug-likeness (QED) is 0.784. The first kappa shape index (κ1) is 10.7. The van der Waals surface area contributed by atoms with Crippen LogP contribution in [0.3, 0.4) is 0 Å². The Balaban J connectivity index is 3.01. The zero-order valence-corrected chi connectivity index (χ0v) is 10.1. The van der Waals surface area contributed by atoms with Crippen LogP contribution in [0.2, 0.25) is 0 Å². The lowest BCUT2D eigenvalue weighted by molar-refractivity contribution is 0.0525. The number of esters is 1. The number of carbonyl (C=O) groups is 1. The van der Waals surface area contributed by atoms with E-state index in [1.54, 1.807) is 19.1 Å². The molecule has 1 radical (unpaired) electrons. The van der Waals surface area contributed by atoms with Gasteiger partial charge in [0.2, 0.25) is 0 Å². The van der Waals surface area contributed by atoms with Crippen LogP contribution < -0.4 is 0 Å². The molecule has 0 N–H and O–H groups in total. The van der Waals surface area contributed by atoms with Crippen molar-refractivity contribution < 1.29 is 9.53 Å². The van der Waals surface area contributed by atoms with E-state index < -0.39 is 0 Å². The average Bonchev–Trinajstić information content (AvgIpc) is 2.10. The number of halogens is 2. The maximum absolute atomic E-state index is 11.3. The van der Waals surface area contributed by atoms with Crippen LogP contribution in [-0.4, -0.2) is 12.6 Å². The fourth-order valence-electron chi connectivity index (χ4n) is 0.819. The summed E-state index contributed by atoms with van der Waals surface area (Å²) in [7, 11) is 0. The van der Waals surface area contributed by atoms with Crippen LogP contribution in [0.15, 0.2) is 21.1 Å². The predicted molar refractivity (Wildman–Crippen MR) is 56.6 cm³/mol. The number of benzene rings is 1. The van der Waals surface area contributed by atoms with E-state index in [1.165, 1.54) is 0 Å². The minimum Gasteiger partial charge on any atom is -0.462 e. The fraction of sp³-hybridized carbons (Fsp3) is 0.222. The fourth-order valence-corrected chi connectivity index (χ4v) is 1.57. The Bertz CT molecular complexity index is 323. The zero-order valence-electron chi connectivity index (χ0n) is 6.93. The molecule has 0 aliphatic heterocycles. The molecule has 13 heavy (non-hydrogen) atoms. The number of ether oxygens (including phenoxy) is 1. The summed E-state index contributed by atoms with van der Waals surface area (Å²) in [5.74, 6) is -0.330. The van der Waals surface area contributed by atoms with Crippen molar-refractivity contribution in [3.8, 4) is 0 Å². The topological polar surface area (TPSA) is 26.3 Å². The molecule has 69 valence electrons. The van der Waals surface area contributed by atoms with Crippen LogP contribution in [0, 0.1) is 6.07 Å². The van der Waals surface area contributed by atoms with Crippen LogP contribution in [0.1, 0.15) is 17.3 Å². The van der Waals surface area contributed by atoms with Gasteiger partial charge in [-0.25, -0.2) is 4.79 Å². The molecule has 0 fully saturated rings. The summed E-state index contributed by atoms with van der Waals surface area (Å²) in [6, 6.07) is 6.23. The molecule has 0 aliphatic carbocycles. The van der Waals surface area contributed by atoms with Gasteiger partial charge in [-0.05, 0) is 50.9 Å². The van der Waals surface area contributed by atoms with E-state index in [9.17, 15) is 4.79 Å². The lowest BCUT2D eigenvalue weighted by Crippen LogP contribution is -2.05. The number of hydrogen-bond acceptors (Lipinski definition) is 2. The third-order valence-electron chi connectivity index (χ3n) is 1.38. The normalized spacial score (nSPS) is 9.77. The van der Waals surface area contributed by atoms with Crippen LogP contribution in [-0.2, 0) is 4.74 Å². The highest BCUT2D eigenvalue weighted by atomic mass is 79.9. The Morgan fingerprint density at radius 3 is 2.92 bits per heavy atom. The molecule has 0 spiro atoms. The monoisotopic (exact) mass is 305 g/mol. The van der Waals surface area contributed by atoms with Crippen LogP contribution in [0.4, 0.5) is 0 Å². The first-order valence-corrected chi connectivity index (χ1v) is 5.28. The van der Waals surface area contributed by atoms with Gasteiger partial charge in [0.05, 0.1) is 12.2 Å². The molecule has 1 aromatic carbocycles. The van der Waals surface area contributed by atoms with Gasteiger partial charge in [-0.1, -0.05) is 6.07 Å². The van der Waals surface area contributed by atoms with Gasteiger partial charge in [0, 0.05) is 8.95 Å². The summed E-state index contributed by atoms with van der Waals surface area (Å²) < 4.78 is 6.26. The summed E-state index contributed by atoms with van der Waals surface area (Å²) in [5, 5.41) is 0. The second-order valence-electron chi connectivity index (χ2n) is 2.24. The average molecular weight is 307 g/mol. The Morgan fingerprint density at radius 1 is 1.62 bits per heavy atom. The predicted octanol–water partition coefficient (Wildman–Crippen LogP) is 3.19. The van der Waals surface area contributed by atoms with Gasteiger partial charge in [0.15, 0.2) is 0 Å². The summed E-state index contributed by atoms with van der Waals surface area (Å²) >= 11 is 6.53. The molecule has 1 rings (SSSR count). The third kappa shape index (κ3) is 2.54. The van der Waals surface area contributed by atoms with Gasteiger partial charge in [0.25, 0.3) is 0 Å². The van der Waals surface area contributed by atoms with Gasteiger partial charge >= 0.3 is 5.97 Å². The molecular weight excluding hydrogens is 300 g/mol. The van der Waals surface area contributed by atoms with E-state index >= 15 is 0 Å². The van der Waals surface area contributed by atoms with Crippen molar-refractivity contribution in [2.75, 3.05) is 6.61 Å². The number of rotatable bonds is 2. The van der Waals surface area contributed by atoms with Gasteiger partial charge < -0.3 is 4.74 Å². The van der Waals surface area contributed by atoms with Gasteiger partial charge in [-0.2, -0.15) is 0 Å². The van der Waals surface area contributed by atoms with E-state index in [-0.39, 0.29) is 5.97 Å². The first-order chi connectivity index (χ1) is 6.16. The van der Waals surface area contributed by atoms with E-state index in [0.29, 0.717) is 16.6 Å². The van der Waals surface area contributed by atoms with Crippen molar-refractivity contribution in [2.45, 2.75) is 6.92 Å². The van der Waals surface area contributed by atoms with Crippen LogP contribution in [0.25, 0.3) is 0 Å². The highest BCUT2D eigenvalue weighted by Gasteiger charge is 2.12. The molecule has 0 atom stereocenters. The molecule has 0 saturated heterocycles. The highest BCUT2D eigenvalue weighted by Crippen LogP contribution is 2.26. The molecular formula is C9H7Br2O2. The van der Waals surface area contributed by atoms with E-state index in [4.69, 9.17) is 4.74 Å². The smallest absolute Gasteiger partial charge is 0.339 e. The van der Waals surface area contributed by atoms with Gasteiger partial charge in [-0.3, -0.25) is 0 Å². The Labute approximate surface area is 93.5 Å². The lowest BCUT2D eigenvalue weighted by atomic mass is 10.2. The lowest BCUT2D eigenvalue weighted by Gasteiger charge is -2.04. The van der Waals surface area contributed by atoms with Crippen molar-refractivity contribution in [2.24, 2.45) is 0 Å². The Morgan fingerprint density at radius 2 is 2.31 bits per heavy atom.